The van der Waals surface area contributed by atoms with Gasteiger partial charge in [-0.05, 0) is 13.8 Å². The smallest absolute Gasteiger partial charge is 0.347 e. The number of carbonyl (C=O) groups excluding carboxylic acids is 2. The van der Waals surface area contributed by atoms with Gasteiger partial charge in [-0.3, -0.25) is 4.21 Å². The van der Waals surface area contributed by atoms with E-state index in [1.54, 1.807) is 13.8 Å². The van der Waals surface area contributed by atoms with Gasteiger partial charge < -0.3 is 9.47 Å². The Morgan fingerprint density at radius 3 is 2.12 bits per heavy atom. The zero-order valence-corrected chi connectivity index (χ0v) is 11.3. The van der Waals surface area contributed by atoms with Crippen LogP contribution in [0.1, 0.15) is 13.8 Å². The fraction of sp³-hybridized carbons (Fsp3) is 0.600. The molecule has 1 rings (SSSR count). The molecule has 0 aromatic heterocycles. The monoisotopic (exact) mass is 278 g/mol. The molecule has 1 unspecified atom stereocenters. The highest BCUT2D eigenvalue weighted by atomic mass is 32.2. The van der Waals surface area contributed by atoms with Crippen LogP contribution in [0.3, 0.4) is 0 Å². The zero-order valence-electron chi connectivity index (χ0n) is 9.69. The molecule has 0 N–H and O–H groups in total. The number of hydrogen-bond donors (Lipinski definition) is 0. The van der Waals surface area contributed by atoms with E-state index in [-0.39, 0.29) is 23.0 Å². The van der Waals surface area contributed by atoms with E-state index in [0.717, 1.165) is 0 Å². The summed E-state index contributed by atoms with van der Waals surface area (Å²) in [6.07, 6.45) is 0. The van der Waals surface area contributed by atoms with Crippen molar-refractivity contribution in [2.75, 3.05) is 24.7 Å². The summed E-state index contributed by atoms with van der Waals surface area (Å²) in [4.78, 5) is 23.3. The van der Waals surface area contributed by atoms with Crippen LogP contribution in [0.25, 0.3) is 0 Å². The summed E-state index contributed by atoms with van der Waals surface area (Å²) < 4.78 is 21.5. The summed E-state index contributed by atoms with van der Waals surface area (Å²) in [6, 6.07) is 0. The molecule has 0 bridgehead atoms. The first-order valence-electron chi connectivity index (χ1n) is 5.21. The van der Waals surface area contributed by atoms with E-state index in [1.807, 2.05) is 0 Å². The number of carbonyl (C=O) groups is 2. The van der Waals surface area contributed by atoms with Crippen molar-refractivity contribution in [2.24, 2.45) is 0 Å². The first-order chi connectivity index (χ1) is 8.11. The van der Waals surface area contributed by atoms with Gasteiger partial charge in [-0.1, -0.05) is 0 Å². The van der Waals surface area contributed by atoms with Gasteiger partial charge in [0.2, 0.25) is 0 Å². The largest absolute Gasteiger partial charge is 0.462 e. The first-order valence-corrected chi connectivity index (χ1v) is 7.51. The van der Waals surface area contributed by atoms with Crippen molar-refractivity contribution in [3.63, 3.8) is 0 Å². The van der Waals surface area contributed by atoms with Gasteiger partial charge in [-0.2, -0.15) is 0 Å². The Kier molecular flexibility index (Phi) is 5.70. The molecule has 5 nitrogen and oxygen atoms in total. The maximum Gasteiger partial charge on any atom is 0.347 e. The number of hydrogen-bond acceptors (Lipinski definition) is 6. The minimum absolute atomic E-state index is 0.159. The number of esters is 2. The molecule has 0 saturated carbocycles. The predicted octanol–water partition coefficient (Wildman–Crippen LogP) is 0.820. The molecule has 1 aliphatic heterocycles. The summed E-state index contributed by atoms with van der Waals surface area (Å²) >= 11 is 1.24. The van der Waals surface area contributed by atoms with Gasteiger partial charge in [0.05, 0.1) is 28.3 Å². The summed E-state index contributed by atoms with van der Waals surface area (Å²) in [5.74, 6) is -0.445. The van der Waals surface area contributed by atoms with Crippen LogP contribution >= 0.6 is 11.8 Å². The van der Waals surface area contributed by atoms with E-state index in [4.69, 9.17) is 9.47 Å². The van der Waals surface area contributed by atoms with Crippen molar-refractivity contribution in [2.45, 2.75) is 13.8 Å². The summed E-state index contributed by atoms with van der Waals surface area (Å²) in [5, 5.41) is 0. The lowest BCUT2D eigenvalue weighted by molar-refractivity contribution is -0.146. The van der Waals surface area contributed by atoms with Gasteiger partial charge in [0.15, 0.2) is 5.57 Å². The zero-order chi connectivity index (χ0) is 12.8. The third kappa shape index (κ3) is 3.57. The quantitative estimate of drug-likeness (QED) is 0.328. The Bertz CT molecular complexity index is 355. The third-order valence-electron chi connectivity index (χ3n) is 1.87. The van der Waals surface area contributed by atoms with Crippen molar-refractivity contribution >= 4 is 34.5 Å². The first kappa shape index (κ1) is 14.2. The van der Waals surface area contributed by atoms with Gasteiger partial charge >= 0.3 is 11.9 Å². The van der Waals surface area contributed by atoms with Gasteiger partial charge in [0.25, 0.3) is 0 Å². The van der Waals surface area contributed by atoms with Gasteiger partial charge in [0.1, 0.15) is 0 Å². The van der Waals surface area contributed by atoms with Crippen LogP contribution in [-0.4, -0.2) is 40.9 Å². The maximum absolute atomic E-state index is 11.7. The minimum Gasteiger partial charge on any atom is -0.462 e. The average molecular weight is 278 g/mol. The second-order valence-electron chi connectivity index (χ2n) is 3.00. The molecule has 0 aliphatic carbocycles. The predicted molar refractivity (Wildman–Crippen MR) is 65.8 cm³/mol. The van der Waals surface area contributed by atoms with E-state index in [0.29, 0.717) is 11.5 Å². The molecular weight excluding hydrogens is 264 g/mol. The highest BCUT2D eigenvalue weighted by molar-refractivity contribution is 8.19. The molecule has 7 heteroatoms. The van der Waals surface area contributed by atoms with Crippen LogP contribution in [-0.2, 0) is 29.9 Å². The number of thioether (sulfide) groups is 1. The molecule has 0 amide bonds. The Balaban J connectivity index is 3.05. The van der Waals surface area contributed by atoms with Gasteiger partial charge in [-0.25, -0.2) is 9.59 Å². The minimum atomic E-state index is -1.30. The summed E-state index contributed by atoms with van der Waals surface area (Å²) in [5.41, 5.74) is -0.213. The standard InChI is InChI=1S/C10H14O5S2/c1-3-14-8(11)7(9(12)15-4-2)10-16-5-6-17(10)13/h3-6H2,1-2H3. The molecule has 1 aliphatic rings. The summed E-state index contributed by atoms with van der Waals surface area (Å²) in [7, 11) is -1.30. The average Bonchev–Trinajstić information content (AvgIpc) is 2.66. The van der Waals surface area contributed by atoms with Crippen molar-refractivity contribution in [3.8, 4) is 0 Å². The van der Waals surface area contributed by atoms with Crippen LogP contribution in [0.5, 0.6) is 0 Å². The molecule has 1 atom stereocenters. The molecule has 96 valence electrons. The van der Waals surface area contributed by atoms with Crippen molar-refractivity contribution in [1.29, 1.82) is 0 Å². The lowest BCUT2D eigenvalue weighted by Crippen LogP contribution is -2.20. The number of ether oxygens (including phenoxy) is 2. The molecule has 0 radical (unpaired) electrons. The molecule has 17 heavy (non-hydrogen) atoms. The van der Waals surface area contributed by atoms with E-state index in [2.05, 4.69) is 0 Å². The van der Waals surface area contributed by atoms with Crippen molar-refractivity contribution in [1.82, 2.24) is 0 Å². The van der Waals surface area contributed by atoms with Crippen molar-refractivity contribution in [3.05, 3.63) is 9.81 Å². The van der Waals surface area contributed by atoms with Crippen LogP contribution in [0.15, 0.2) is 9.81 Å². The van der Waals surface area contributed by atoms with E-state index in [9.17, 15) is 13.8 Å². The number of rotatable bonds is 4. The maximum atomic E-state index is 11.7. The van der Waals surface area contributed by atoms with Gasteiger partial charge in [0, 0.05) is 11.5 Å². The highest BCUT2D eigenvalue weighted by Crippen LogP contribution is 2.31. The van der Waals surface area contributed by atoms with Crippen molar-refractivity contribution < 1.29 is 23.3 Å². The van der Waals surface area contributed by atoms with Crippen LogP contribution in [0, 0.1) is 0 Å². The lowest BCUT2D eigenvalue weighted by Gasteiger charge is -2.08. The lowest BCUT2D eigenvalue weighted by atomic mass is 10.3. The second-order valence-corrected chi connectivity index (χ2v) is 5.87. The van der Waals surface area contributed by atoms with Crippen LogP contribution < -0.4 is 0 Å². The Morgan fingerprint density at radius 1 is 1.24 bits per heavy atom. The fourth-order valence-electron chi connectivity index (χ4n) is 1.21. The Labute approximate surface area is 106 Å². The Morgan fingerprint density at radius 2 is 1.76 bits per heavy atom. The highest BCUT2D eigenvalue weighted by Gasteiger charge is 2.31. The molecule has 0 aromatic rings. The molecule has 1 fully saturated rings. The molecule has 1 saturated heterocycles. The molecular formula is C10H14O5S2. The van der Waals surface area contributed by atoms with Gasteiger partial charge in [-0.15, -0.1) is 11.8 Å². The van der Waals surface area contributed by atoms with E-state index in [1.165, 1.54) is 11.8 Å². The summed E-state index contributed by atoms with van der Waals surface area (Å²) in [6.45, 7) is 3.60. The topological polar surface area (TPSA) is 69.7 Å². The fourth-order valence-corrected chi connectivity index (χ4v) is 4.25. The van der Waals surface area contributed by atoms with Crippen LogP contribution in [0.4, 0.5) is 0 Å². The van der Waals surface area contributed by atoms with E-state index < -0.39 is 22.7 Å². The second kappa shape index (κ2) is 6.80. The normalized spacial score (nSPS) is 18.9. The van der Waals surface area contributed by atoms with Crippen LogP contribution in [0.2, 0.25) is 0 Å². The third-order valence-corrected chi connectivity index (χ3v) is 5.11. The SMILES string of the molecule is CCOC(=O)C(C(=O)OCC)=C1SCCS1=O. The van der Waals surface area contributed by atoms with E-state index >= 15 is 0 Å². The Hall–Kier alpha value is -0.820. The molecule has 1 heterocycles. The molecule has 0 spiro atoms. The molecule has 0 aromatic carbocycles.